The van der Waals surface area contributed by atoms with Crippen LogP contribution in [0.5, 0.6) is 0 Å². The largest absolute Gasteiger partial charge is 0.416 e. The minimum atomic E-state index is -5.05. The van der Waals surface area contributed by atoms with Crippen LogP contribution in [0.1, 0.15) is 38.3 Å². The summed E-state index contributed by atoms with van der Waals surface area (Å²) in [5, 5.41) is 3.69. The molecule has 0 aliphatic carbocycles. The molecule has 2 amide bonds. The van der Waals surface area contributed by atoms with Crippen LogP contribution >= 0.6 is 18.1 Å². The van der Waals surface area contributed by atoms with Crippen LogP contribution in [0, 0.1) is 0 Å². The van der Waals surface area contributed by atoms with E-state index in [2.05, 4.69) is 0 Å². The third kappa shape index (κ3) is 7.56. The van der Waals surface area contributed by atoms with Gasteiger partial charge in [-0.05, 0) is 42.9 Å². The second-order valence-electron chi connectivity index (χ2n) is 5.60. The van der Waals surface area contributed by atoms with Gasteiger partial charge in [-0.2, -0.15) is 26.3 Å². The molecule has 2 atom stereocenters. The number of nitrogens with one attached hydrogen (secondary N) is 2. The Kier molecular flexibility index (Phi) is 8.28. The summed E-state index contributed by atoms with van der Waals surface area (Å²) in [5.41, 5.74) is -3.92. The minimum absolute atomic E-state index is 0.0250. The zero-order chi connectivity index (χ0) is 21.8. The van der Waals surface area contributed by atoms with E-state index in [4.69, 9.17) is 4.52 Å². The summed E-state index contributed by atoms with van der Waals surface area (Å²) in [6, 6.07) is -0.614. The van der Waals surface area contributed by atoms with Crippen molar-refractivity contribution in [3.8, 4) is 0 Å². The second kappa shape index (κ2) is 9.41. The maximum atomic E-state index is 12.9. The standard InChI is InChI=1S/C15H19F6N2O3PS/c1-4-9(3)28-27(25,26-5-2)23-13(24)22-12-7-10(14(16,17)18)6-11(8-12)15(19,20)21/h6-9H,4-5H2,1-3H3,(H2,22,23,24,25). The molecule has 28 heavy (non-hydrogen) atoms. The predicted octanol–water partition coefficient (Wildman–Crippen LogP) is 6.52. The lowest BCUT2D eigenvalue weighted by Crippen LogP contribution is -2.27. The fourth-order valence-corrected chi connectivity index (χ4v) is 6.10. The predicted molar refractivity (Wildman–Crippen MR) is 95.2 cm³/mol. The van der Waals surface area contributed by atoms with Crippen LogP contribution in [0.4, 0.5) is 36.8 Å². The molecular weight excluding hydrogens is 433 g/mol. The van der Waals surface area contributed by atoms with Gasteiger partial charge < -0.3 is 9.84 Å². The highest BCUT2D eigenvalue weighted by atomic mass is 32.7. The Bertz CT molecular complexity index is 709. The summed E-state index contributed by atoms with van der Waals surface area (Å²) >= 11 is 0.827. The highest BCUT2D eigenvalue weighted by molar-refractivity contribution is 8.56. The molecule has 2 N–H and O–H groups in total. The number of carbonyl (C=O) groups excluding carboxylic acids is 1. The quantitative estimate of drug-likeness (QED) is 0.365. The third-order valence-corrected chi connectivity index (χ3v) is 7.82. The van der Waals surface area contributed by atoms with E-state index in [0.717, 1.165) is 11.4 Å². The van der Waals surface area contributed by atoms with Gasteiger partial charge in [0.25, 0.3) is 0 Å². The number of hydrogen-bond acceptors (Lipinski definition) is 4. The first-order valence-electron chi connectivity index (χ1n) is 8.02. The minimum Gasteiger partial charge on any atom is -0.308 e. The van der Waals surface area contributed by atoms with Crippen LogP contribution in [-0.4, -0.2) is 17.9 Å². The van der Waals surface area contributed by atoms with E-state index in [1.54, 1.807) is 13.8 Å². The number of anilines is 1. The maximum Gasteiger partial charge on any atom is 0.416 e. The first-order valence-corrected chi connectivity index (χ1v) is 11.1. The number of carbonyl (C=O) groups is 1. The van der Waals surface area contributed by atoms with Gasteiger partial charge in [-0.15, -0.1) is 0 Å². The Balaban J connectivity index is 3.11. The molecule has 1 aromatic rings. The summed E-state index contributed by atoms with van der Waals surface area (Å²) in [5.74, 6) is 0. The number of halogens is 6. The van der Waals surface area contributed by atoms with Crippen LogP contribution in [0.2, 0.25) is 0 Å². The number of amides is 2. The van der Waals surface area contributed by atoms with Crippen molar-refractivity contribution in [2.24, 2.45) is 0 Å². The molecule has 1 aromatic carbocycles. The van der Waals surface area contributed by atoms with Crippen molar-refractivity contribution in [3.05, 3.63) is 29.3 Å². The molecule has 160 valence electrons. The first kappa shape index (κ1) is 24.6. The lowest BCUT2D eigenvalue weighted by molar-refractivity contribution is -0.143. The van der Waals surface area contributed by atoms with E-state index in [1.165, 1.54) is 6.92 Å². The van der Waals surface area contributed by atoms with Gasteiger partial charge in [0.15, 0.2) is 0 Å². The Hall–Kier alpha value is -1.39. The molecule has 2 unspecified atom stereocenters. The van der Waals surface area contributed by atoms with Gasteiger partial charge in [-0.25, -0.2) is 4.79 Å². The summed E-state index contributed by atoms with van der Waals surface area (Å²) in [4.78, 5) is 12.0. The second-order valence-corrected chi connectivity index (χ2v) is 10.2. The zero-order valence-electron chi connectivity index (χ0n) is 15.1. The molecule has 5 nitrogen and oxygen atoms in total. The van der Waals surface area contributed by atoms with Gasteiger partial charge in [0.1, 0.15) is 0 Å². The zero-order valence-corrected chi connectivity index (χ0v) is 16.8. The van der Waals surface area contributed by atoms with Crippen molar-refractivity contribution in [1.82, 2.24) is 5.09 Å². The highest BCUT2D eigenvalue weighted by Gasteiger charge is 2.37. The normalized spacial score (nSPS) is 15.6. The number of benzene rings is 1. The smallest absolute Gasteiger partial charge is 0.308 e. The molecule has 0 fully saturated rings. The average Bonchev–Trinajstić information content (AvgIpc) is 2.52. The summed E-state index contributed by atoms with van der Waals surface area (Å²) < 4.78 is 94.9. The average molecular weight is 452 g/mol. The fraction of sp³-hybridized carbons (Fsp3) is 0.533. The molecule has 0 saturated heterocycles. The van der Waals surface area contributed by atoms with Gasteiger partial charge in [0, 0.05) is 10.9 Å². The van der Waals surface area contributed by atoms with E-state index in [0.29, 0.717) is 18.6 Å². The number of rotatable bonds is 7. The molecule has 0 aliphatic rings. The molecule has 0 heterocycles. The Morgan fingerprint density at radius 1 is 1.11 bits per heavy atom. The van der Waals surface area contributed by atoms with Gasteiger partial charge in [0.05, 0.1) is 17.7 Å². The van der Waals surface area contributed by atoms with Gasteiger partial charge >= 0.3 is 25.1 Å². The van der Waals surface area contributed by atoms with Crippen molar-refractivity contribution >= 4 is 29.8 Å². The Labute approximate surface area is 161 Å². The molecule has 1 rings (SSSR count). The summed E-state index contributed by atoms with van der Waals surface area (Å²) in [6.07, 6.45) is -9.52. The van der Waals surface area contributed by atoms with Gasteiger partial charge in [-0.1, -0.05) is 13.8 Å². The van der Waals surface area contributed by atoms with Gasteiger partial charge in [-0.3, -0.25) is 9.65 Å². The van der Waals surface area contributed by atoms with E-state index in [9.17, 15) is 35.7 Å². The summed E-state index contributed by atoms with van der Waals surface area (Å²) in [6.45, 7) is 1.25. The maximum absolute atomic E-state index is 12.9. The molecule has 0 saturated carbocycles. The number of urea groups is 1. The third-order valence-electron chi connectivity index (χ3n) is 3.28. The lowest BCUT2D eigenvalue weighted by Gasteiger charge is -2.21. The van der Waals surface area contributed by atoms with E-state index < -0.39 is 41.9 Å². The van der Waals surface area contributed by atoms with E-state index in [1.807, 2.05) is 10.4 Å². The van der Waals surface area contributed by atoms with Crippen LogP contribution < -0.4 is 10.4 Å². The monoisotopic (exact) mass is 452 g/mol. The van der Waals surface area contributed by atoms with Crippen molar-refractivity contribution < 1.29 is 40.2 Å². The molecule has 0 bridgehead atoms. The first-order chi connectivity index (χ1) is 12.7. The van der Waals surface area contributed by atoms with Crippen molar-refractivity contribution in [2.45, 2.75) is 44.8 Å². The van der Waals surface area contributed by atoms with E-state index in [-0.39, 0.29) is 17.9 Å². The molecule has 0 radical (unpaired) electrons. The molecular formula is C15H19F6N2O3PS. The lowest BCUT2D eigenvalue weighted by atomic mass is 10.1. The molecule has 0 aliphatic heterocycles. The molecule has 0 spiro atoms. The van der Waals surface area contributed by atoms with Crippen LogP contribution in [0.3, 0.4) is 0 Å². The number of alkyl halides is 6. The summed E-state index contributed by atoms with van der Waals surface area (Å²) in [7, 11) is 0. The van der Waals surface area contributed by atoms with Crippen LogP contribution in [0.15, 0.2) is 18.2 Å². The topological polar surface area (TPSA) is 67.4 Å². The molecule has 13 heteroatoms. The SMILES string of the molecule is CCOP(=O)(NC(=O)Nc1cc(C(F)(F)F)cc(C(F)(F)F)c1)SC(C)CC. The van der Waals surface area contributed by atoms with Crippen LogP contribution in [-0.2, 0) is 21.4 Å². The van der Waals surface area contributed by atoms with Gasteiger partial charge in [0.2, 0.25) is 0 Å². The van der Waals surface area contributed by atoms with Crippen LogP contribution in [0.25, 0.3) is 0 Å². The fourth-order valence-electron chi connectivity index (χ4n) is 1.88. The van der Waals surface area contributed by atoms with E-state index >= 15 is 0 Å². The Morgan fingerprint density at radius 3 is 2.00 bits per heavy atom. The van der Waals surface area contributed by atoms with Crippen molar-refractivity contribution in [2.75, 3.05) is 11.9 Å². The number of hydrogen-bond donors (Lipinski definition) is 2. The van der Waals surface area contributed by atoms with Crippen molar-refractivity contribution in [3.63, 3.8) is 0 Å². The Morgan fingerprint density at radius 2 is 1.61 bits per heavy atom. The van der Waals surface area contributed by atoms with Crippen molar-refractivity contribution in [1.29, 1.82) is 0 Å². The highest BCUT2D eigenvalue weighted by Crippen LogP contribution is 2.58. The molecule has 0 aromatic heterocycles.